The van der Waals surface area contributed by atoms with E-state index in [1.807, 2.05) is 0 Å². The average Bonchev–Trinajstić information content (AvgIpc) is 2.98. The lowest BCUT2D eigenvalue weighted by atomic mass is 10.3. The van der Waals surface area contributed by atoms with Gasteiger partial charge in [0.15, 0.2) is 6.61 Å². The molecule has 0 fully saturated rings. The van der Waals surface area contributed by atoms with Gasteiger partial charge in [-0.1, -0.05) is 17.4 Å². The van der Waals surface area contributed by atoms with Gasteiger partial charge in [0.25, 0.3) is 5.91 Å². The van der Waals surface area contributed by atoms with Gasteiger partial charge in [-0.05, 0) is 19.1 Å². The van der Waals surface area contributed by atoms with Gasteiger partial charge in [-0.2, -0.15) is 0 Å². The number of ether oxygens (including phenoxy) is 2. The Balaban J connectivity index is 1.79. The standard InChI is InChI=1S/C18H21N3O6S/c1-12-11-28-18(25)21(12)9-17(24)27-10-16(23)20(2)8-15(22)19-13-5-4-6-14(7-13)26-3/h4-7,11H,8-10H2,1-3H3,(H,19,22). The number of amides is 2. The van der Waals surface area contributed by atoms with Crippen molar-refractivity contribution in [2.75, 3.05) is 32.6 Å². The summed E-state index contributed by atoms with van der Waals surface area (Å²) < 4.78 is 11.2. The molecule has 0 atom stereocenters. The zero-order chi connectivity index (χ0) is 20.7. The number of likely N-dealkylation sites (N-methyl/N-ethyl adjacent to an activating group) is 1. The number of benzene rings is 1. The monoisotopic (exact) mass is 407 g/mol. The molecule has 0 spiro atoms. The predicted molar refractivity (Wildman–Crippen MR) is 104 cm³/mol. The van der Waals surface area contributed by atoms with Crippen LogP contribution in [0.15, 0.2) is 34.4 Å². The highest BCUT2D eigenvalue weighted by atomic mass is 32.1. The zero-order valence-corrected chi connectivity index (χ0v) is 16.6. The number of esters is 1. The van der Waals surface area contributed by atoms with Gasteiger partial charge in [0, 0.05) is 29.9 Å². The van der Waals surface area contributed by atoms with Crippen LogP contribution in [0, 0.1) is 6.92 Å². The fourth-order valence-corrected chi connectivity index (χ4v) is 2.96. The minimum Gasteiger partial charge on any atom is -0.497 e. The maximum Gasteiger partial charge on any atom is 0.326 e. The quantitative estimate of drug-likeness (QED) is 0.651. The Hall–Kier alpha value is -3.14. The second-order valence-corrected chi connectivity index (χ2v) is 6.74. The second kappa shape index (κ2) is 9.70. The van der Waals surface area contributed by atoms with Crippen LogP contribution >= 0.6 is 11.3 Å². The van der Waals surface area contributed by atoms with E-state index in [1.54, 1.807) is 36.6 Å². The van der Waals surface area contributed by atoms with E-state index in [0.29, 0.717) is 17.1 Å². The maximum atomic E-state index is 12.1. The van der Waals surface area contributed by atoms with Crippen molar-refractivity contribution in [2.24, 2.45) is 0 Å². The maximum absolute atomic E-state index is 12.1. The van der Waals surface area contributed by atoms with E-state index in [1.165, 1.54) is 18.7 Å². The molecule has 2 rings (SSSR count). The summed E-state index contributed by atoms with van der Waals surface area (Å²) in [6.45, 7) is 0.711. The molecule has 0 saturated heterocycles. The molecule has 0 aliphatic heterocycles. The van der Waals surface area contributed by atoms with Crippen molar-refractivity contribution >= 4 is 34.8 Å². The van der Waals surface area contributed by atoms with E-state index in [2.05, 4.69) is 5.32 Å². The predicted octanol–water partition coefficient (Wildman–Crippen LogP) is 0.867. The molecule has 0 aliphatic carbocycles. The first kappa shape index (κ1) is 21.2. The molecule has 0 aliphatic rings. The first-order chi connectivity index (χ1) is 13.3. The molecule has 2 aromatic rings. The summed E-state index contributed by atoms with van der Waals surface area (Å²) in [6.07, 6.45) is 0. The van der Waals surface area contributed by atoms with Gasteiger partial charge in [0.1, 0.15) is 12.3 Å². The molecular weight excluding hydrogens is 386 g/mol. The average molecular weight is 407 g/mol. The highest BCUT2D eigenvalue weighted by Gasteiger charge is 2.16. The second-order valence-electron chi connectivity index (χ2n) is 5.92. The van der Waals surface area contributed by atoms with Gasteiger partial charge in [-0.25, -0.2) is 0 Å². The smallest absolute Gasteiger partial charge is 0.326 e. The van der Waals surface area contributed by atoms with Gasteiger partial charge in [0.05, 0.1) is 13.7 Å². The Morgan fingerprint density at radius 3 is 2.68 bits per heavy atom. The molecular formula is C18H21N3O6S. The van der Waals surface area contributed by atoms with Crippen molar-refractivity contribution in [2.45, 2.75) is 13.5 Å². The number of hydrogen-bond donors (Lipinski definition) is 1. The minimum atomic E-state index is -0.703. The van der Waals surface area contributed by atoms with Gasteiger partial charge < -0.3 is 19.7 Å². The minimum absolute atomic E-state index is 0.212. The number of rotatable bonds is 8. The Morgan fingerprint density at radius 1 is 1.29 bits per heavy atom. The van der Waals surface area contributed by atoms with Crippen LogP contribution in [0.5, 0.6) is 5.75 Å². The number of thiazole rings is 1. The van der Waals surface area contributed by atoms with Gasteiger partial charge >= 0.3 is 10.8 Å². The number of carbonyl (C=O) groups is 3. The van der Waals surface area contributed by atoms with Gasteiger partial charge in [-0.15, -0.1) is 0 Å². The third kappa shape index (κ3) is 5.95. The molecule has 9 nitrogen and oxygen atoms in total. The first-order valence-corrected chi connectivity index (χ1v) is 9.16. The van der Waals surface area contributed by atoms with E-state index >= 15 is 0 Å². The Labute approximate surface area is 165 Å². The van der Waals surface area contributed by atoms with Crippen molar-refractivity contribution < 1.29 is 23.9 Å². The summed E-state index contributed by atoms with van der Waals surface area (Å²) in [5.41, 5.74) is 1.18. The summed E-state index contributed by atoms with van der Waals surface area (Å²) >= 11 is 0.984. The lowest BCUT2D eigenvalue weighted by Crippen LogP contribution is -2.37. The summed E-state index contributed by atoms with van der Waals surface area (Å²) in [7, 11) is 2.94. The topological polar surface area (TPSA) is 107 Å². The van der Waals surface area contributed by atoms with Crippen LogP contribution in [-0.4, -0.2) is 54.6 Å². The fourth-order valence-electron chi connectivity index (χ4n) is 2.23. The number of aryl methyl sites for hydroxylation is 1. The summed E-state index contributed by atoms with van der Waals surface area (Å²) in [4.78, 5) is 48.4. The van der Waals surface area contributed by atoms with Crippen LogP contribution in [0.1, 0.15) is 5.69 Å². The molecule has 1 heterocycles. The number of methoxy groups -OCH3 is 1. The lowest BCUT2D eigenvalue weighted by Gasteiger charge is -2.17. The van der Waals surface area contributed by atoms with Crippen molar-refractivity contribution in [3.05, 3.63) is 45.0 Å². The number of hydrogen-bond acceptors (Lipinski definition) is 7. The molecule has 0 unspecified atom stereocenters. The molecule has 1 aromatic heterocycles. The molecule has 0 bridgehead atoms. The molecule has 1 aromatic carbocycles. The van der Waals surface area contributed by atoms with Crippen LogP contribution in [-0.2, 0) is 25.7 Å². The Bertz CT molecular complexity index is 920. The zero-order valence-electron chi connectivity index (χ0n) is 15.8. The van der Waals surface area contributed by atoms with Crippen molar-refractivity contribution in [1.29, 1.82) is 0 Å². The van der Waals surface area contributed by atoms with Gasteiger partial charge in [0.2, 0.25) is 5.91 Å². The van der Waals surface area contributed by atoms with Crippen LogP contribution in [0.2, 0.25) is 0 Å². The van der Waals surface area contributed by atoms with Crippen LogP contribution in [0.3, 0.4) is 0 Å². The van der Waals surface area contributed by atoms with Crippen molar-refractivity contribution in [1.82, 2.24) is 9.47 Å². The third-order valence-corrected chi connectivity index (χ3v) is 4.66. The third-order valence-electron chi connectivity index (χ3n) is 3.78. The highest BCUT2D eigenvalue weighted by molar-refractivity contribution is 7.07. The molecule has 10 heteroatoms. The normalized spacial score (nSPS) is 10.2. The van der Waals surface area contributed by atoms with Crippen LogP contribution in [0.4, 0.5) is 5.69 Å². The molecule has 28 heavy (non-hydrogen) atoms. The first-order valence-electron chi connectivity index (χ1n) is 8.28. The van der Waals surface area contributed by atoms with E-state index in [4.69, 9.17) is 9.47 Å². The largest absolute Gasteiger partial charge is 0.497 e. The van der Waals surface area contributed by atoms with Crippen molar-refractivity contribution in [3.8, 4) is 5.75 Å². The van der Waals surface area contributed by atoms with Crippen LogP contribution in [0.25, 0.3) is 0 Å². The molecule has 2 amide bonds. The SMILES string of the molecule is COc1cccc(NC(=O)CN(C)C(=O)COC(=O)Cn2c(C)csc2=O)c1. The van der Waals surface area contributed by atoms with E-state index < -0.39 is 24.4 Å². The summed E-state index contributed by atoms with van der Waals surface area (Å²) in [5, 5.41) is 4.29. The van der Waals surface area contributed by atoms with E-state index in [0.717, 1.165) is 16.2 Å². The van der Waals surface area contributed by atoms with Gasteiger partial charge in [-0.3, -0.25) is 23.7 Å². The lowest BCUT2D eigenvalue weighted by molar-refractivity contribution is -0.152. The number of carbonyl (C=O) groups excluding carboxylic acids is 3. The molecule has 150 valence electrons. The molecule has 0 radical (unpaired) electrons. The molecule has 0 saturated carbocycles. The van der Waals surface area contributed by atoms with E-state index in [-0.39, 0.29) is 18.0 Å². The number of nitrogens with one attached hydrogen (secondary N) is 1. The Morgan fingerprint density at radius 2 is 2.04 bits per heavy atom. The Kier molecular flexibility index (Phi) is 7.33. The number of aromatic nitrogens is 1. The van der Waals surface area contributed by atoms with Crippen molar-refractivity contribution in [3.63, 3.8) is 0 Å². The summed E-state index contributed by atoms with van der Waals surface area (Å²) in [6, 6.07) is 6.81. The summed E-state index contributed by atoms with van der Waals surface area (Å²) in [5.74, 6) is -1.06. The molecule has 1 N–H and O–H groups in total. The number of anilines is 1. The number of nitrogens with zero attached hydrogens (tertiary/aromatic N) is 2. The highest BCUT2D eigenvalue weighted by Crippen LogP contribution is 2.16. The fraction of sp³-hybridized carbons (Fsp3) is 0.333. The van der Waals surface area contributed by atoms with E-state index in [9.17, 15) is 19.2 Å². The van der Waals surface area contributed by atoms with Crippen LogP contribution < -0.4 is 14.9 Å².